The Bertz CT molecular complexity index is 569. The van der Waals surface area contributed by atoms with Crippen molar-refractivity contribution in [3.8, 4) is 0 Å². The highest BCUT2D eigenvalue weighted by molar-refractivity contribution is 5.37. The summed E-state index contributed by atoms with van der Waals surface area (Å²) >= 11 is 0. The van der Waals surface area contributed by atoms with Crippen LogP contribution in [0.1, 0.15) is 41.0 Å². The van der Waals surface area contributed by atoms with Crippen LogP contribution >= 0.6 is 0 Å². The molecule has 2 rings (SSSR count). The molecule has 3 nitrogen and oxygen atoms in total. The van der Waals surface area contributed by atoms with Crippen molar-refractivity contribution in [2.24, 2.45) is 7.05 Å². The fourth-order valence-electron chi connectivity index (χ4n) is 2.63. The van der Waals surface area contributed by atoms with E-state index >= 15 is 0 Å². The molecule has 102 valence electrons. The Labute approximate surface area is 115 Å². The molecule has 0 fully saturated rings. The quantitative estimate of drug-likeness (QED) is 0.912. The van der Waals surface area contributed by atoms with Crippen molar-refractivity contribution in [3.63, 3.8) is 0 Å². The van der Waals surface area contributed by atoms with Gasteiger partial charge in [-0.15, -0.1) is 0 Å². The van der Waals surface area contributed by atoms with Crippen LogP contribution < -0.4 is 5.32 Å². The molecule has 0 bridgehead atoms. The predicted molar refractivity (Wildman–Crippen MR) is 79.4 cm³/mol. The third-order valence-electron chi connectivity index (χ3n) is 3.48. The molecular weight excluding hydrogens is 234 g/mol. The summed E-state index contributed by atoms with van der Waals surface area (Å²) in [5, 5.41) is 8.03. The van der Waals surface area contributed by atoms with E-state index in [2.05, 4.69) is 55.5 Å². The van der Waals surface area contributed by atoms with Crippen LogP contribution in [0.15, 0.2) is 24.3 Å². The molecule has 19 heavy (non-hydrogen) atoms. The third-order valence-corrected chi connectivity index (χ3v) is 3.48. The zero-order valence-electron chi connectivity index (χ0n) is 12.5. The number of hydrogen-bond donors (Lipinski definition) is 1. The molecule has 1 aromatic heterocycles. The van der Waals surface area contributed by atoms with Crippen LogP contribution in [0.3, 0.4) is 0 Å². The van der Waals surface area contributed by atoms with Crippen LogP contribution in [0.5, 0.6) is 0 Å². The van der Waals surface area contributed by atoms with Gasteiger partial charge in [-0.05, 0) is 44.5 Å². The highest BCUT2D eigenvalue weighted by Gasteiger charge is 2.18. The molecule has 0 saturated carbocycles. The molecule has 3 heteroatoms. The van der Waals surface area contributed by atoms with E-state index in [9.17, 15) is 0 Å². The van der Waals surface area contributed by atoms with Gasteiger partial charge in [0.1, 0.15) is 0 Å². The SMILES string of the molecule is CCNC(c1ccc(C)cc1C)c1cc(C)nn1C. The monoisotopic (exact) mass is 257 g/mol. The van der Waals surface area contributed by atoms with E-state index in [1.165, 1.54) is 22.4 Å². The van der Waals surface area contributed by atoms with Crippen molar-refractivity contribution in [1.82, 2.24) is 15.1 Å². The molecule has 0 spiro atoms. The van der Waals surface area contributed by atoms with E-state index in [1.807, 2.05) is 18.7 Å². The first-order valence-corrected chi connectivity index (χ1v) is 6.84. The predicted octanol–water partition coefficient (Wildman–Crippen LogP) is 3.04. The van der Waals surface area contributed by atoms with Gasteiger partial charge in [0.15, 0.2) is 0 Å². The fourth-order valence-corrected chi connectivity index (χ4v) is 2.63. The number of benzene rings is 1. The maximum atomic E-state index is 4.46. The Morgan fingerprint density at radius 3 is 2.47 bits per heavy atom. The van der Waals surface area contributed by atoms with Gasteiger partial charge in [0.05, 0.1) is 17.4 Å². The van der Waals surface area contributed by atoms with Gasteiger partial charge < -0.3 is 5.32 Å². The minimum atomic E-state index is 0.205. The van der Waals surface area contributed by atoms with Crippen molar-refractivity contribution >= 4 is 0 Å². The van der Waals surface area contributed by atoms with E-state index in [1.54, 1.807) is 0 Å². The van der Waals surface area contributed by atoms with Gasteiger partial charge in [-0.3, -0.25) is 4.68 Å². The average molecular weight is 257 g/mol. The van der Waals surface area contributed by atoms with Crippen LogP contribution in [0, 0.1) is 20.8 Å². The zero-order valence-corrected chi connectivity index (χ0v) is 12.5. The number of nitrogens with zero attached hydrogens (tertiary/aromatic N) is 2. The summed E-state index contributed by atoms with van der Waals surface area (Å²) < 4.78 is 1.97. The van der Waals surface area contributed by atoms with Crippen molar-refractivity contribution in [2.45, 2.75) is 33.7 Å². The van der Waals surface area contributed by atoms with Crippen molar-refractivity contribution < 1.29 is 0 Å². The largest absolute Gasteiger partial charge is 0.305 e. The molecule has 1 heterocycles. The second-order valence-electron chi connectivity index (χ2n) is 5.18. The first kappa shape index (κ1) is 13.8. The topological polar surface area (TPSA) is 29.9 Å². The van der Waals surface area contributed by atoms with Gasteiger partial charge in [0, 0.05) is 7.05 Å². The summed E-state index contributed by atoms with van der Waals surface area (Å²) in [4.78, 5) is 0. The standard InChI is InChI=1S/C16H23N3/c1-6-17-16(15-10-13(4)18-19(15)5)14-8-7-11(2)9-12(14)3/h7-10,16-17H,6H2,1-5H3. The lowest BCUT2D eigenvalue weighted by molar-refractivity contribution is 0.570. The molecule has 0 aliphatic carbocycles. The van der Waals surface area contributed by atoms with Gasteiger partial charge in [0.25, 0.3) is 0 Å². The molecule has 0 amide bonds. The Balaban J connectivity index is 2.48. The van der Waals surface area contributed by atoms with Crippen molar-refractivity contribution in [1.29, 1.82) is 0 Å². The maximum Gasteiger partial charge on any atom is 0.0750 e. The molecule has 0 aliphatic heterocycles. The third kappa shape index (κ3) is 2.87. The normalized spacial score (nSPS) is 12.7. The molecule has 0 radical (unpaired) electrons. The summed E-state index contributed by atoms with van der Waals surface area (Å²) in [6.07, 6.45) is 0. The molecule has 0 aliphatic rings. The Kier molecular flexibility index (Phi) is 4.05. The highest BCUT2D eigenvalue weighted by atomic mass is 15.3. The van der Waals surface area contributed by atoms with Gasteiger partial charge in [-0.25, -0.2) is 0 Å². The van der Waals surface area contributed by atoms with E-state index in [0.29, 0.717) is 0 Å². The van der Waals surface area contributed by atoms with E-state index in [-0.39, 0.29) is 6.04 Å². The molecule has 1 N–H and O–H groups in total. The number of aryl methyl sites for hydroxylation is 4. The minimum Gasteiger partial charge on any atom is -0.305 e. The fraction of sp³-hybridized carbons (Fsp3) is 0.438. The van der Waals surface area contributed by atoms with Crippen LogP contribution in [-0.2, 0) is 7.05 Å². The lowest BCUT2D eigenvalue weighted by Crippen LogP contribution is -2.25. The van der Waals surface area contributed by atoms with E-state index in [4.69, 9.17) is 0 Å². The molecule has 1 atom stereocenters. The first-order chi connectivity index (χ1) is 9.02. The van der Waals surface area contributed by atoms with Gasteiger partial charge in [-0.1, -0.05) is 30.7 Å². The summed E-state index contributed by atoms with van der Waals surface area (Å²) in [7, 11) is 2.01. The van der Waals surface area contributed by atoms with Gasteiger partial charge in [0.2, 0.25) is 0 Å². The van der Waals surface area contributed by atoms with Crippen molar-refractivity contribution in [3.05, 3.63) is 52.3 Å². The molecular formula is C16H23N3. The van der Waals surface area contributed by atoms with Crippen LogP contribution in [0.4, 0.5) is 0 Å². The molecule has 1 aromatic carbocycles. The smallest absolute Gasteiger partial charge is 0.0750 e. The van der Waals surface area contributed by atoms with Gasteiger partial charge in [-0.2, -0.15) is 5.10 Å². The van der Waals surface area contributed by atoms with Crippen LogP contribution in [-0.4, -0.2) is 16.3 Å². The van der Waals surface area contributed by atoms with E-state index < -0.39 is 0 Å². The number of nitrogens with one attached hydrogen (secondary N) is 1. The Morgan fingerprint density at radius 1 is 1.21 bits per heavy atom. The Hall–Kier alpha value is -1.61. The molecule has 1 unspecified atom stereocenters. The van der Waals surface area contributed by atoms with E-state index in [0.717, 1.165) is 12.2 Å². The number of hydrogen-bond acceptors (Lipinski definition) is 2. The summed E-state index contributed by atoms with van der Waals surface area (Å²) in [5.74, 6) is 0. The van der Waals surface area contributed by atoms with Crippen molar-refractivity contribution in [2.75, 3.05) is 6.54 Å². The molecule has 0 saturated heterocycles. The first-order valence-electron chi connectivity index (χ1n) is 6.84. The molecule has 2 aromatic rings. The Morgan fingerprint density at radius 2 is 1.95 bits per heavy atom. The van der Waals surface area contributed by atoms with Gasteiger partial charge >= 0.3 is 0 Å². The lowest BCUT2D eigenvalue weighted by atomic mass is 9.96. The maximum absolute atomic E-state index is 4.46. The average Bonchev–Trinajstić information content (AvgIpc) is 2.66. The summed E-state index contributed by atoms with van der Waals surface area (Å²) in [5.41, 5.74) is 6.23. The zero-order chi connectivity index (χ0) is 14.0. The second-order valence-corrected chi connectivity index (χ2v) is 5.18. The summed E-state index contributed by atoms with van der Waals surface area (Å²) in [6, 6.07) is 9.00. The number of rotatable bonds is 4. The highest BCUT2D eigenvalue weighted by Crippen LogP contribution is 2.25. The minimum absolute atomic E-state index is 0.205. The van der Waals surface area contributed by atoms with Crippen LogP contribution in [0.2, 0.25) is 0 Å². The second kappa shape index (κ2) is 5.57. The lowest BCUT2D eigenvalue weighted by Gasteiger charge is -2.21. The van der Waals surface area contributed by atoms with Crippen LogP contribution in [0.25, 0.3) is 0 Å². The number of aromatic nitrogens is 2. The summed E-state index contributed by atoms with van der Waals surface area (Å²) in [6.45, 7) is 9.42.